The Morgan fingerprint density at radius 3 is 2.80 bits per heavy atom. The van der Waals surface area contributed by atoms with Gasteiger partial charge in [0, 0.05) is 0 Å². The zero-order chi connectivity index (χ0) is 11.1. The summed E-state index contributed by atoms with van der Waals surface area (Å²) < 4.78 is 0. The number of nitrogens with one attached hydrogen (secondary N) is 1. The molecule has 84 valence electrons. The van der Waals surface area contributed by atoms with E-state index < -0.39 is 0 Å². The molecule has 0 aliphatic rings. The highest BCUT2D eigenvalue weighted by molar-refractivity contribution is 5.39. The van der Waals surface area contributed by atoms with E-state index in [4.69, 9.17) is 0 Å². The number of phenolic OH excluding ortho intramolecular Hbond substituents is 1. The van der Waals surface area contributed by atoms with Gasteiger partial charge in [-0.3, -0.25) is 0 Å². The predicted molar refractivity (Wildman–Crippen MR) is 64.3 cm³/mol. The van der Waals surface area contributed by atoms with E-state index in [1.807, 2.05) is 25.1 Å². The summed E-state index contributed by atoms with van der Waals surface area (Å²) in [7, 11) is 0. The minimum absolute atomic E-state index is 0.454. The van der Waals surface area contributed by atoms with E-state index in [1.54, 1.807) is 0 Å². The normalized spacial score (nSPS) is 10.5. The fourth-order valence-electron chi connectivity index (χ4n) is 1.57. The summed E-state index contributed by atoms with van der Waals surface area (Å²) in [5, 5.41) is 13.1. The second-order valence-electron chi connectivity index (χ2n) is 3.94. The number of rotatable bonds is 6. The molecule has 0 aromatic heterocycles. The average Bonchev–Trinajstić information content (AvgIpc) is 2.24. The van der Waals surface area contributed by atoms with Gasteiger partial charge in [0.15, 0.2) is 0 Å². The molecule has 0 fully saturated rings. The number of hydrogen-bond acceptors (Lipinski definition) is 2. The molecule has 0 atom stereocenters. The van der Waals surface area contributed by atoms with Gasteiger partial charge < -0.3 is 10.4 Å². The Bertz CT molecular complexity index is 297. The van der Waals surface area contributed by atoms with E-state index in [9.17, 15) is 5.11 Å². The largest absolute Gasteiger partial charge is 0.507 e. The van der Waals surface area contributed by atoms with Gasteiger partial charge >= 0.3 is 0 Å². The van der Waals surface area contributed by atoms with Crippen molar-refractivity contribution in [3.63, 3.8) is 0 Å². The summed E-state index contributed by atoms with van der Waals surface area (Å²) in [6.07, 6.45) is 3.35. The summed E-state index contributed by atoms with van der Waals surface area (Å²) in [4.78, 5) is 0. The first-order valence-electron chi connectivity index (χ1n) is 5.74. The van der Waals surface area contributed by atoms with Crippen LogP contribution in [0, 0.1) is 6.92 Å². The van der Waals surface area contributed by atoms with E-state index in [-0.39, 0.29) is 0 Å². The van der Waals surface area contributed by atoms with Gasteiger partial charge in [-0.1, -0.05) is 31.5 Å². The molecule has 0 spiro atoms. The number of benzene rings is 1. The number of aryl methyl sites for hydroxylation is 1. The molecule has 0 aliphatic heterocycles. The lowest BCUT2D eigenvalue weighted by Crippen LogP contribution is -2.18. The molecule has 0 amide bonds. The van der Waals surface area contributed by atoms with Gasteiger partial charge in [-0.15, -0.1) is 0 Å². The summed E-state index contributed by atoms with van der Waals surface area (Å²) in [6.45, 7) is 6.14. The second kappa shape index (κ2) is 6.46. The maximum atomic E-state index is 9.77. The summed E-state index contributed by atoms with van der Waals surface area (Å²) in [5.41, 5.74) is 2.00. The fourth-order valence-corrected chi connectivity index (χ4v) is 1.57. The zero-order valence-corrected chi connectivity index (χ0v) is 9.71. The Morgan fingerprint density at radius 2 is 2.07 bits per heavy atom. The van der Waals surface area contributed by atoms with Crippen LogP contribution in [-0.2, 0) is 6.42 Å². The first kappa shape index (κ1) is 12.1. The minimum Gasteiger partial charge on any atom is -0.507 e. The molecule has 0 saturated carbocycles. The van der Waals surface area contributed by atoms with Gasteiger partial charge in [-0.2, -0.15) is 0 Å². The van der Waals surface area contributed by atoms with Crippen molar-refractivity contribution < 1.29 is 5.11 Å². The van der Waals surface area contributed by atoms with Crippen LogP contribution in [0.3, 0.4) is 0 Å². The summed E-state index contributed by atoms with van der Waals surface area (Å²) >= 11 is 0. The van der Waals surface area contributed by atoms with Crippen molar-refractivity contribution in [2.24, 2.45) is 0 Å². The quantitative estimate of drug-likeness (QED) is 0.703. The van der Waals surface area contributed by atoms with Gasteiger partial charge in [-0.25, -0.2) is 0 Å². The fraction of sp³-hybridized carbons (Fsp3) is 0.538. The molecule has 2 heteroatoms. The average molecular weight is 207 g/mol. The number of para-hydroxylation sites is 1. The van der Waals surface area contributed by atoms with Crippen LogP contribution in [0.4, 0.5) is 0 Å². The minimum atomic E-state index is 0.454. The van der Waals surface area contributed by atoms with Crippen LogP contribution in [0.25, 0.3) is 0 Å². The Balaban J connectivity index is 2.34. The van der Waals surface area contributed by atoms with Crippen molar-refractivity contribution in [3.05, 3.63) is 29.3 Å². The van der Waals surface area contributed by atoms with Gasteiger partial charge in [0.2, 0.25) is 0 Å². The number of hydrogen-bond donors (Lipinski definition) is 2. The second-order valence-corrected chi connectivity index (χ2v) is 3.94. The Morgan fingerprint density at radius 1 is 1.27 bits per heavy atom. The zero-order valence-electron chi connectivity index (χ0n) is 9.71. The van der Waals surface area contributed by atoms with Crippen LogP contribution >= 0.6 is 0 Å². The highest BCUT2D eigenvalue weighted by Crippen LogP contribution is 2.21. The van der Waals surface area contributed by atoms with E-state index in [2.05, 4.69) is 12.2 Å². The molecule has 0 unspecified atom stereocenters. The molecular formula is C13H21NO. The van der Waals surface area contributed by atoms with Crippen molar-refractivity contribution >= 4 is 0 Å². The molecule has 0 aliphatic carbocycles. The molecule has 1 aromatic carbocycles. The van der Waals surface area contributed by atoms with Gasteiger partial charge in [0.05, 0.1) is 0 Å². The third kappa shape index (κ3) is 3.92. The molecule has 2 nitrogen and oxygen atoms in total. The topological polar surface area (TPSA) is 32.3 Å². The Kier molecular flexibility index (Phi) is 5.19. The molecular weight excluding hydrogens is 186 g/mol. The Labute approximate surface area is 92.3 Å². The molecule has 15 heavy (non-hydrogen) atoms. The van der Waals surface area contributed by atoms with Gasteiger partial charge in [-0.05, 0) is 44.0 Å². The van der Waals surface area contributed by atoms with Crippen molar-refractivity contribution in [2.45, 2.75) is 33.1 Å². The third-order valence-electron chi connectivity index (χ3n) is 2.60. The Hall–Kier alpha value is -1.02. The van der Waals surface area contributed by atoms with Crippen molar-refractivity contribution in [1.29, 1.82) is 0 Å². The molecule has 2 N–H and O–H groups in total. The van der Waals surface area contributed by atoms with Crippen molar-refractivity contribution in [2.75, 3.05) is 13.1 Å². The summed E-state index contributed by atoms with van der Waals surface area (Å²) in [6, 6.07) is 5.92. The van der Waals surface area contributed by atoms with Gasteiger partial charge in [0.1, 0.15) is 5.75 Å². The molecule has 0 radical (unpaired) electrons. The number of unbranched alkanes of at least 4 members (excludes halogenated alkanes) is 1. The molecule has 0 saturated heterocycles. The predicted octanol–water partition coefficient (Wildman–Crippen LogP) is 2.63. The maximum Gasteiger partial charge on any atom is 0.121 e. The monoisotopic (exact) mass is 207 g/mol. The van der Waals surface area contributed by atoms with Crippen LogP contribution in [0.5, 0.6) is 5.75 Å². The van der Waals surface area contributed by atoms with E-state index in [0.717, 1.165) is 30.6 Å². The maximum absolute atomic E-state index is 9.77. The lowest BCUT2D eigenvalue weighted by molar-refractivity contribution is 0.462. The molecule has 0 bridgehead atoms. The number of phenols is 1. The molecule has 1 aromatic rings. The van der Waals surface area contributed by atoms with Gasteiger partial charge in [0.25, 0.3) is 0 Å². The molecule has 0 heterocycles. The summed E-state index contributed by atoms with van der Waals surface area (Å²) in [5.74, 6) is 0.454. The van der Waals surface area contributed by atoms with E-state index in [1.165, 1.54) is 12.8 Å². The van der Waals surface area contributed by atoms with Crippen LogP contribution in [-0.4, -0.2) is 18.2 Å². The number of aromatic hydroxyl groups is 1. The van der Waals surface area contributed by atoms with E-state index >= 15 is 0 Å². The first-order chi connectivity index (χ1) is 7.25. The first-order valence-corrected chi connectivity index (χ1v) is 5.74. The standard InChI is InChI=1S/C13H21NO/c1-3-4-9-14-10-8-12-7-5-6-11(2)13(12)15/h5-7,14-15H,3-4,8-10H2,1-2H3. The van der Waals surface area contributed by atoms with Crippen LogP contribution in [0.2, 0.25) is 0 Å². The third-order valence-corrected chi connectivity index (χ3v) is 2.60. The van der Waals surface area contributed by atoms with E-state index in [0.29, 0.717) is 5.75 Å². The lowest BCUT2D eigenvalue weighted by atomic mass is 10.1. The van der Waals surface area contributed by atoms with Crippen molar-refractivity contribution in [1.82, 2.24) is 5.32 Å². The molecule has 1 rings (SSSR count). The highest BCUT2D eigenvalue weighted by Gasteiger charge is 2.02. The van der Waals surface area contributed by atoms with Crippen LogP contribution in [0.15, 0.2) is 18.2 Å². The SMILES string of the molecule is CCCCNCCc1cccc(C)c1O. The van der Waals surface area contributed by atoms with Crippen LogP contribution < -0.4 is 5.32 Å². The van der Waals surface area contributed by atoms with Crippen molar-refractivity contribution in [3.8, 4) is 5.75 Å². The lowest BCUT2D eigenvalue weighted by Gasteiger charge is -2.07. The highest BCUT2D eigenvalue weighted by atomic mass is 16.3. The van der Waals surface area contributed by atoms with Crippen LogP contribution in [0.1, 0.15) is 30.9 Å². The smallest absolute Gasteiger partial charge is 0.121 e.